The first-order valence-electron chi connectivity index (χ1n) is 3.87. The SMILES string of the molecule is O=C(Oc1c(Br)c(Br)c(Br)c(Br)c1Br)C(Cl)(Cl)Cl. The smallest absolute Gasteiger partial charge is 0.364 e. The summed E-state index contributed by atoms with van der Waals surface area (Å²) >= 11 is 32.9. The highest BCUT2D eigenvalue weighted by molar-refractivity contribution is 9.15. The van der Waals surface area contributed by atoms with E-state index in [1.54, 1.807) is 0 Å². The van der Waals surface area contributed by atoms with E-state index < -0.39 is 9.76 Å². The zero-order valence-corrected chi connectivity index (χ0v) is 18.0. The molecule has 2 nitrogen and oxygen atoms in total. The van der Waals surface area contributed by atoms with Gasteiger partial charge in [-0.2, -0.15) is 0 Å². The first-order valence-corrected chi connectivity index (χ1v) is 8.97. The van der Waals surface area contributed by atoms with E-state index in [2.05, 4.69) is 79.6 Å². The van der Waals surface area contributed by atoms with Crippen molar-refractivity contribution in [3.63, 3.8) is 0 Å². The van der Waals surface area contributed by atoms with E-state index in [9.17, 15) is 4.79 Å². The zero-order chi connectivity index (χ0) is 14.2. The molecule has 0 N–H and O–H groups in total. The molecule has 1 aromatic carbocycles. The van der Waals surface area contributed by atoms with E-state index in [1.165, 1.54) is 0 Å². The third kappa shape index (κ3) is 4.00. The van der Waals surface area contributed by atoms with E-state index in [-0.39, 0.29) is 5.75 Å². The number of hydrogen-bond acceptors (Lipinski definition) is 2. The van der Waals surface area contributed by atoms with Crippen molar-refractivity contribution >= 4 is 120 Å². The van der Waals surface area contributed by atoms with Crippen molar-refractivity contribution < 1.29 is 9.53 Å². The predicted molar refractivity (Wildman–Crippen MR) is 90.9 cm³/mol. The Morgan fingerprint density at radius 2 is 1.17 bits per heavy atom. The lowest BCUT2D eigenvalue weighted by Gasteiger charge is -2.15. The summed E-state index contributed by atoms with van der Waals surface area (Å²) in [5, 5.41) is 0. The topological polar surface area (TPSA) is 26.3 Å². The lowest BCUT2D eigenvalue weighted by atomic mass is 10.3. The van der Waals surface area contributed by atoms with Gasteiger partial charge in [-0.05, 0) is 79.6 Å². The molecule has 1 aromatic rings. The van der Waals surface area contributed by atoms with Gasteiger partial charge in [0.1, 0.15) is 0 Å². The predicted octanol–water partition coefficient (Wildman–Crippen LogP) is 6.77. The van der Waals surface area contributed by atoms with Crippen molar-refractivity contribution in [2.24, 2.45) is 0 Å². The van der Waals surface area contributed by atoms with Gasteiger partial charge in [0.05, 0.1) is 17.9 Å². The molecule has 10 heteroatoms. The van der Waals surface area contributed by atoms with Gasteiger partial charge >= 0.3 is 5.97 Å². The molecule has 0 saturated carbocycles. The molecule has 0 unspecified atom stereocenters. The molecule has 0 aliphatic rings. The number of hydrogen-bond donors (Lipinski definition) is 0. The summed E-state index contributed by atoms with van der Waals surface area (Å²) in [6.07, 6.45) is 0. The maximum atomic E-state index is 11.5. The molecular formula is C8Br5Cl3O2. The molecule has 0 aliphatic carbocycles. The van der Waals surface area contributed by atoms with E-state index in [1.807, 2.05) is 0 Å². The van der Waals surface area contributed by atoms with Crippen LogP contribution in [0.4, 0.5) is 0 Å². The van der Waals surface area contributed by atoms with Gasteiger partial charge in [0.25, 0.3) is 3.79 Å². The summed E-state index contributed by atoms with van der Waals surface area (Å²) in [6, 6.07) is 0. The van der Waals surface area contributed by atoms with Crippen LogP contribution in [0.3, 0.4) is 0 Å². The summed E-state index contributed by atoms with van der Waals surface area (Å²) in [6.45, 7) is 0. The Bertz CT molecular complexity index is 485. The second kappa shape index (κ2) is 6.81. The number of carbonyl (C=O) groups excluding carboxylic acids is 1. The van der Waals surface area contributed by atoms with Crippen molar-refractivity contribution in [2.75, 3.05) is 0 Å². The van der Waals surface area contributed by atoms with Crippen molar-refractivity contribution in [2.45, 2.75) is 3.79 Å². The highest BCUT2D eigenvalue weighted by atomic mass is 79.9. The molecule has 0 radical (unpaired) electrons. The Labute approximate surface area is 160 Å². The molecule has 0 aromatic heterocycles. The maximum absolute atomic E-state index is 11.5. The van der Waals surface area contributed by atoms with Gasteiger partial charge in [-0.25, -0.2) is 4.79 Å². The summed E-state index contributed by atoms with van der Waals surface area (Å²) in [7, 11) is 0. The minimum absolute atomic E-state index is 0.188. The summed E-state index contributed by atoms with van der Waals surface area (Å²) in [5.74, 6) is -0.816. The highest BCUT2D eigenvalue weighted by Gasteiger charge is 2.35. The number of esters is 1. The average molecular weight is 634 g/mol. The van der Waals surface area contributed by atoms with E-state index in [0.29, 0.717) is 17.9 Å². The zero-order valence-electron chi connectivity index (χ0n) is 7.84. The van der Waals surface area contributed by atoms with Crippen molar-refractivity contribution in [3.05, 3.63) is 22.4 Å². The summed E-state index contributed by atoms with van der Waals surface area (Å²) in [5.41, 5.74) is 0. The monoisotopic (exact) mass is 627 g/mol. The van der Waals surface area contributed by atoms with Gasteiger partial charge < -0.3 is 4.74 Å². The number of rotatable bonds is 1. The molecule has 0 heterocycles. The first-order chi connectivity index (χ1) is 8.07. The Balaban J connectivity index is 3.31. The average Bonchev–Trinajstić information content (AvgIpc) is 2.28. The van der Waals surface area contributed by atoms with Crippen LogP contribution in [-0.4, -0.2) is 9.76 Å². The Kier molecular flexibility index (Phi) is 6.82. The second-order valence-corrected chi connectivity index (χ2v) is 9.03. The molecule has 0 fully saturated rings. The molecule has 0 saturated heterocycles. The fraction of sp³-hybridized carbons (Fsp3) is 0.125. The molecule has 0 bridgehead atoms. The standard InChI is InChI=1S/C8Br5Cl3O2/c9-1-2(10)4(12)6(5(13)3(1)11)18-7(17)8(14,15)16. The van der Waals surface area contributed by atoms with Crippen LogP contribution in [0, 0.1) is 0 Å². The van der Waals surface area contributed by atoms with Crippen LogP contribution in [0.1, 0.15) is 0 Å². The van der Waals surface area contributed by atoms with E-state index in [0.717, 1.165) is 4.47 Å². The molecule has 0 atom stereocenters. The minimum Gasteiger partial charge on any atom is -0.421 e. The maximum Gasteiger partial charge on any atom is 0.364 e. The number of alkyl halides is 3. The van der Waals surface area contributed by atoms with Crippen LogP contribution < -0.4 is 4.74 Å². The number of benzene rings is 1. The van der Waals surface area contributed by atoms with Gasteiger partial charge in [0.2, 0.25) is 0 Å². The van der Waals surface area contributed by atoms with Crippen molar-refractivity contribution in [1.29, 1.82) is 0 Å². The highest BCUT2D eigenvalue weighted by Crippen LogP contribution is 2.49. The minimum atomic E-state index is -2.15. The van der Waals surface area contributed by atoms with Crippen LogP contribution >= 0.6 is 114 Å². The quantitative estimate of drug-likeness (QED) is 0.112. The molecule has 0 spiro atoms. The van der Waals surface area contributed by atoms with Gasteiger partial charge in [0.15, 0.2) is 5.75 Å². The number of ether oxygens (including phenoxy) is 1. The van der Waals surface area contributed by atoms with Crippen molar-refractivity contribution in [3.8, 4) is 5.75 Å². The first kappa shape index (κ1) is 18.0. The van der Waals surface area contributed by atoms with Gasteiger partial charge in [-0.3, -0.25) is 0 Å². The van der Waals surface area contributed by atoms with Crippen LogP contribution in [0.15, 0.2) is 22.4 Å². The number of carbonyl (C=O) groups is 1. The van der Waals surface area contributed by atoms with E-state index >= 15 is 0 Å². The Morgan fingerprint density at radius 1 is 0.833 bits per heavy atom. The third-order valence-corrected chi connectivity index (χ3v) is 8.08. The van der Waals surface area contributed by atoms with Crippen molar-refractivity contribution in [1.82, 2.24) is 0 Å². The van der Waals surface area contributed by atoms with E-state index in [4.69, 9.17) is 39.5 Å². The van der Waals surface area contributed by atoms with Gasteiger partial charge in [-0.15, -0.1) is 0 Å². The Hall–Kier alpha value is 1.96. The molecule has 18 heavy (non-hydrogen) atoms. The van der Waals surface area contributed by atoms with Crippen LogP contribution in [0.5, 0.6) is 5.75 Å². The number of halogens is 8. The molecular weight excluding hydrogens is 634 g/mol. The lowest BCUT2D eigenvalue weighted by molar-refractivity contribution is -0.133. The van der Waals surface area contributed by atoms with Gasteiger partial charge in [-0.1, -0.05) is 34.8 Å². The molecule has 1 rings (SSSR count). The third-order valence-electron chi connectivity index (χ3n) is 1.60. The van der Waals surface area contributed by atoms with Crippen LogP contribution in [-0.2, 0) is 4.79 Å². The summed E-state index contributed by atoms with van der Waals surface area (Å²) in [4.78, 5) is 11.5. The molecule has 0 aliphatic heterocycles. The lowest BCUT2D eigenvalue weighted by Crippen LogP contribution is -2.25. The van der Waals surface area contributed by atoms with Crippen LogP contribution in [0.25, 0.3) is 0 Å². The summed E-state index contributed by atoms with van der Waals surface area (Å²) < 4.78 is 5.90. The van der Waals surface area contributed by atoms with Crippen LogP contribution in [0.2, 0.25) is 0 Å². The normalized spacial score (nSPS) is 11.6. The molecule has 0 amide bonds. The molecule has 100 valence electrons. The Morgan fingerprint density at radius 3 is 1.50 bits per heavy atom. The second-order valence-electron chi connectivity index (χ2n) is 2.79. The van der Waals surface area contributed by atoms with Gasteiger partial charge in [0, 0.05) is 4.47 Å². The fourth-order valence-electron chi connectivity index (χ4n) is 0.825. The fourth-order valence-corrected chi connectivity index (χ4v) is 4.11. The largest absolute Gasteiger partial charge is 0.421 e.